The molecule has 0 saturated carbocycles. The van der Waals surface area contributed by atoms with E-state index in [0.29, 0.717) is 19.8 Å². The molecule has 0 aromatic heterocycles. The highest BCUT2D eigenvalue weighted by Crippen LogP contribution is 2.11. The Morgan fingerprint density at radius 1 is 1.39 bits per heavy atom. The molecule has 5 nitrogen and oxygen atoms in total. The number of nitrogens with zero attached hydrogens (tertiary/aromatic N) is 1. The lowest BCUT2D eigenvalue weighted by Gasteiger charge is -2.15. The second-order valence-corrected chi connectivity index (χ2v) is 3.66. The SMILES string of the molecule is CCOC(CN=C=N)OCCc1ccccc1N. The van der Waals surface area contributed by atoms with Gasteiger partial charge < -0.3 is 15.2 Å². The first kappa shape index (κ1) is 14.4. The summed E-state index contributed by atoms with van der Waals surface area (Å²) in [6.45, 7) is 3.24. The fourth-order valence-corrected chi connectivity index (χ4v) is 1.52. The average Bonchev–Trinajstić information content (AvgIpc) is 2.38. The van der Waals surface area contributed by atoms with Crippen LogP contribution < -0.4 is 5.73 Å². The predicted octanol–water partition coefficient (Wildman–Crippen LogP) is 1.94. The monoisotopic (exact) mass is 249 g/mol. The van der Waals surface area contributed by atoms with E-state index in [2.05, 4.69) is 4.99 Å². The minimum absolute atomic E-state index is 0.293. The molecular weight excluding hydrogens is 230 g/mol. The summed E-state index contributed by atoms with van der Waals surface area (Å²) < 4.78 is 10.9. The van der Waals surface area contributed by atoms with E-state index in [4.69, 9.17) is 20.6 Å². The Balaban J connectivity index is 2.38. The summed E-state index contributed by atoms with van der Waals surface area (Å²) in [7, 11) is 0. The van der Waals surface area contributed by atoms with E-state index < -0.39 is 6.29 Å². The lowest BCUT2D eigenvalue weighted by Crippen LogP contribution is -2.22. The number of ether oxygens (including phenoxy) is 2. The van der Waals surface area contributed by atoms with Gasteiger partial charge in [-0.25, -0.2) is 10.4 Å². The lowest BCUT2D eigenvalue weighted by atomic mass is 10.1. The molecule has 5 heteroatoms. The van der Waals surface area contributed by atoms with Crippen LogP contribution in [-0.4, -0.2) is 32.1 Å². The van der Waals surface area contributed by atoms with Gasteiger partial charge in [-0.2, -0.15) is 0 Å². The molecule has 0 fully saturated rings. The molecule has 0 aliphatic rings. The minimum atomic E-state index is -0.419. The third kappa shape index (κ3) is 5.10. The summed E-state index contributed by atoms with van der Waals surface area (Å²) in [6, 6.07) is 9.67. The molecule has 98 valence electrons. The molecule has 0 aliphatic heterocycles. The minimum Gasteiger partial charge on any atom is -0.399 e. The second kappa shape index (κ2) is 8.42. The largest absolute Gasteiger partial charge is 0.399 e. The van der Waals surface area contributed by atoms with Crippen molar-refractivity contribution in [2.24, 2.45) is 4.99 Å². The maximum Gasteiger partial charge on any atom is 0.177 e. The van der Waals surface area contributed by atoms with Gasteiger partial charge in [-0.3, -0.25) is 0 Å². The molecule has 0 heterocycles. The number of benzene rings is 1. The molecule has 1 rings (SSSR count). The van der Waals surface area contributed by atoms with Crippen molar-refractivity contribution in [3.8, 4) is 0 Å². The summed E-state index contributed by atoms with van der Waals surface area (Å²) >= 11 is 0. The molecule has 18 heavy (non-hydrogen) atoms. The topological polar surface area (TPSA) is 80.7 Å². The number of nitrogens with one attached hydrogen (secondary N) is 1. The maximum atomic E-state index is 6.72. The summed E-state index contributed by atoms with van der Waals surface area (Å²) in [4.78, 5) is 3.68. The lowest BCUT2D eigenvalue weighted by molar-refractivity contribution is -0.131. The number of hydrogen-bond acceptors (Lipinski definition) is 5. The van der Waals surface area contributed by atoms with Crippen molar-refractivity contribution in [2.75, 3.05) is 25.5 Å². The van der Waals surface area contributed by atoms with E-state index in [1.165, 1.54) is 0 Å². The Morgan fingerprint density at radius 3 is 2.83 bits per heavy atom. The zero-order valence-electron chi connectivity index (χ0n) is 10.6. The molecule has 0 spiro atoms. The van der Waals surface area contributed by atoms with Crippen LogP contribution >= 0.6 is 0 Å². The first-order valence-electron chi connectivity index (χ1n) is 5.92. The van der Waals surface area contributed by atoms with Crippen molar-refractivity contribution in [1.29, 1.82) is 5.41 Å². The molecule has 0 bridgehead atoms. The number of rotatable bonds is 8. The molecule has 0 radical (unpaired) electrons. The summed E-state index contributed by atoms with van der Waals surface area (Å²) in [5.41, 5.74) is 7.66. The molecule has 3 N–H and O–H groups in total. The summed E-state index contributed by atoms with van der Waals surface area (Å²) in [5, 5.41) is 6.72. The number of nitrogens with two attached hydrogens (primary N) is 1. The molecule has 1 aromatic carbocycles. The van der Waals surface area contributed by atoms with Crippen LogP contribution in [0.3, 0.4) is 0 Å². The van der Waals surface area contributed by atoms with Crippen LogP contribution in [0.25, 0.3) is 0 Å². The van der Waals surface area contributed by atoms with Gasteiger partial charge in [0.25, 0.3) is 0 Å². The summed E-state index contributed by atoms with van der Waals surface area (Å²) in [5.74, 6) is 0. The van der Waals surface area contributed by atoms with Crippen LogP contribution in [-0.2, 0) is 15.9 Å². The third-order valence-electron chi connectivity index (χ3n) is 2.40. The number of hydrogen-bond donors (Lipinski definition) is 2. The molecule has 1 unspecified atom stereocenters. The second-order valence-electron chi connectivity index (χ2n) is 3.66. The van der Waals surface area contributed by atoms with E-state index in [1.54, 1.807) is 0 Å². The predicted molar refractivity (Wildman–Crippen MR) is 70.9 cm³/mol. The van der Waals surface area contributed by atoms with E-state index in [-0.39, 0.29) is 0 Å². The Bertz CT molecular complexity index is 403. The standard InChI is InChI=1S/C13H19N3O2/c1-2-17-13(9-16-10-14)18-8-7-11-5-3-4-6-12(11)15/h3-6,13-14H,2,7-9,15H2,1H3. The van der Waals surface area contributed by atoms with Crippen LogP contribution in [0.4, 0.5) is 5.69 Å². The highest BCUT2D eigenvalue weighted by Gasteiger charge is 2.08. The van der Waals surface area contributed by atoms with Gasteiger partial charge in [0.05, 0.1) is 12.6 Å². The summed E-state index contributed by atoms with van der Waals surface area (Å²) in [6.07, 6.45) is 0.308. The molecule has 0 aliphatic carbocycles. The Kier molecular flexibility index (Phi) is 6.72. The number of para-hydroxylation sites is 1. The van der Waals surface area contributed by atoms with Crippen LogP contribution in [0, 0.1) is 5.41 Å². The highest BCUT2D eigenvalue weighted by molar-refractivity contribution is 5.46. The third-order valence-corrected chi connectivity index (χ3v) is 2.40. The van der Waals surface area contributed by atoms with E-state index in [9.17, 15) is 0 Å². The number of nitrogen functional groups attached to an aromatic ring is 1. The quantitative estimate of drug-likeness (QED) is 0.419. The maximum absolute atomic E-state index is 6.72. The van der Waals surface area contributed by atoms with Crippen molar-refractivity contribution in [3.05, 3.63) is 29.8 Å². The van der Waals surface area contributed by atoms with Crippen LogP contribution in [0.5, 0.6) is 0 Å². The van der Waals surface area contributed by atoms with Gasteiger partial charge in [-0.1, -0.05) is 18.2 Å². The normalized spacial score (nSPS) is 11.8. The first-order valence-corrected chi connectivity index (χ1v) is 5.92. The molecule has 1 atom stereocenters. The van der Waals surface area contributed by atoms with Crippen molar-refractivity contribution >= 4 is 11.7 Å². The highest BCUT2D eigenvalue weighted by atomic mass is 16.7. The molecule has 1 aromatic rings. The van der Waals surface area contributed by atoms with Crippen LogP contribution in [0.2, 0.25) is 0 Å². The van der Waals surface area contributed by atoms with Crippen molar-refractivity contribution in [2.45, 2.75) is 19.6 Å². The van der Waals surface area contributed by atoms with E-state index >= 15 is 0 Å². The molecular formula is C13H19N3O2. The van der Waals surface area contributed by atoms with Crippen molar-refractivity contribution < 1.29 is 9.47 Å². The molecule has 0 amide bonds. The Morgan fingerprint density at radius 2 is 2.17 bits per heavy atom. The van der Waals surface area contributed by atoms with E-state index in [0.717, 1.165) is 17.7 Å². The van der Waals surface area contributed by atoms with Gasteiger partial charge in [0.2, 0.25) is 0 Å². The van der Waals surface area contributed by atoms with Crippen molar-refractivity contribution in [3.63, 3.8) is 0 Å². The average molecular weight is 249 g/mol. The van der Waals surface area contributed by atoms with Gasteiger partial charge in [0.1, 0.15) is 6.54 Å². The fraction of sp³-hybridized carbons (Fsp3) is 0.462. The van der Waals surface area contributed by atoms with Crippen LogP contribution in [0.15, 0.2) is 29.3 Å². The fourth-order valence-electron chi connectivity index (χ4n) is 1.52. The zero-order valence-corrected chi connectivity index (χ0v) is 10.6. The van der Waals surface area contributed by atoms with Gasteiger partial charge in [0.15, 0.2) is 6.29 Å². The van der Waals surface area contributed by atoms with Crippen LogP contribution in [0.1, 0.15) is 12.5 Å². The zero-order chi connectivity index (χ0) is 13.2. The molecule has 0 saturated heterocycles. The Hall–Kier alpha value is -1.68. The van der Waals surface area contributed by atoms with Gasteiger partial charge in [0, 0.05) is 12.3 Å². The van der Waals surface area contributed by atoms with Gasteiger partial charge in [-0.15, -0.1) is 0 Å². The van der Waals surface area contributed by atoms with Crippen molar-refractivity contribution in [1.82, 2.24) is 0 Å². The van der Waals surface area contributed by atoms with E-state index in [1.807, 2.05) is 37.2 Å². The van der Waals surface area contributed by atoms with Gasteiger partial charge in [-0.05, 0) is 25.0 Å². The number of aliphatic imine (C=N–C) groups is 1. The number of anilines is 1. The first-order chi connectivity index (χ1) is 8.77. The van der Waals surface area contributed by atoms with Gasteiger partial charge >= 0.3 is 0 Å². The smallest absolute Gasteiger partial charge is 0.177 e. The Labute approximate surface area is 107 Å².